The molecule has 48 heavy (non-hydrogen) atoms. The van der Waals surface area contributed by atoms with Gasteiger partial charge in [0.2, 0.25) is 17.7 Å². The molecule has 0 unspecified atom stereocenters. The Morgan fingerprint density at radius 2 is 1.71 bits per heavy atom. The van der Waals surface area contributed by atoms with Crippen LogP contribution in [0.1, 0.15) is 50.3 Å². The Hall–Kier alpha value is -3.80. The van der Waals surface area contributed by atoms with Crippen molar-refractivity contribution in [2.24, 2.45) is 17.8 Å². The summed E-state index contributed by atoms with van der Waals surface area (Å²) in [7, 11) is 0. The number of amides is 3. The minimum absolute atomic E-state index is 0.0520. The van der Waals surface area contributed by atoms with E-state index in [2.05, 4.69) is 21.2 Å². The largest absolute Gasteiger partial charge is 0.455 e. The molecule has 254 valence electrons. The number of benzene rings is 2. The molecule has 2 aromatic rings. The number of hydrogen-bond acceptors (Lipinski definition) is 7. The molecule has 0 aliphatic carbocycles. The normalized spacial score (nSPS) is 30.6. The lowest BCUT2D eigenvalue weighted by Gasteiger charge is -2.39. The molecule has 2 aromatic carbocycles. The highest BCUT2D eigenvalue weighted by Gasteiger charge is 2.75. The third-order valence-electron chi connectivity index (χ3n) is 9.69. The number of halogens is 1. The van der Waals surface area contributed by atoms with Crippen molar-refractivity contribution in [3.05, 3.63) is 94.5 Å². The Balaban J connectivity index is 1.46. The SMILES string of the molecule is CC(C)C[C@H](CO)N1C(=O)[C@@H]2[C@H]3C(=O)O[C@@H](c4ccccc4)CNC(=O)CC/C=C\CN(Cc4ccccc4)C(=O)[C@@H]1[C@]21C=C(Br)[C@H]3O1. The Bertz CT molecular complexity index is 1580. The van der Waals surface area contributed by atoms with Crippen LogP contribution in [-0.4, -0.2) is 82.1 Å². The highest BCUT2D eigenvalue weighted by atomic mass is 79.9. The first-order chi connectivity index (χ1) is 23.1. The Morgan fingerprint density at radius 1 is 1.00 bits per heavy atom. The smallest absolute Gasteiger partial charge is 0.313 e. The Labute approximate surface area is 289 Å². The number of fused-ring (bicyclic) bond motifs is 2. The van der Waals surface area contributed by atoms with Gasteiger partial charge in [0.15, 0.2) is 0 Å². The molecular weight excluding hydrogens is 678 g/mol. The molecule has 2 fully saturated rings. The molecule has 3 amide bonds. The fourth-order valence-corrected chi connectivity index (χ4v) is 8.31. The Morgan fingerprint density at radius 3 is 2.40 bits per heavy atom. The minimum Gasteiger partial charge on any atom is -0.455 e. The minimum atomic E-state index is -1.46. The average Bonchev–Trinajstić information content (AvgIpc) is 3.68. The molecule has 2 saturated heterocycles. The van der Waals surface area contributed by atoms with Gasteiger partial charge in [0.25, 0.3) is 0 Å². The molecule has 4 heterocycles. The molecule has 6 rings (SSSR count). The summed E-state index contributed by atoms with van der Waals surface area (Å²) in [5, 5.41) is 13.6. The van der Waals surface area contributed by atoms with Gasteiger partial charge in [0.05, 0.1) is 25.1 Å². The van der Waals surface area contributed by atoms with E-state index in [-0.39, 0.29) is 50.4 Å². The van der Waals surface area contributed by atoms with Gasteiger partial charge in [-0.05, 0) is 36.0 Å². The van der Waals surface area contributed by atoms with Crippen molar-refractivity contribution in [3.8, 4) is 0 Å². The number of nitrogens with zero attached hydrogens (tertiary/aromatic N) is 2. The number of cyclic esters (lactones) is 1. The molecule has 2 N–H and O–H groups in total. The summed E-state index contributed by atoms with van der Waals surface area (Å²) in [6.07, 6.45) is 4.97. The van der Waals surface area contributed by atoms with E-state index in [1.54, 1.807) is 11.0 Å². The van der Waals surface area contributed by atoms with E-state index in [9.17, 15) is 24.3 Å². The van der Waals surface area contributed by atoms with Crippen molar-refractivity contribution >= 4 is 39.6 Å². The highest BCUT2D eigenvalue weighted by Crippen LogP contribution is 2.59. The molecule has 0 saturated carbocycles. The molecule has 5 bridgehead atoms. The van der Waals surface area contributed by atoms with Crippen molar-refractivity contribution in [1.29, 1.82) is 0 Å². The van der Waals surface area contributed by atoms with Gasteiger partial charge < -0.3 is 29.7 Å². The van der Waals surface area contributed by atoms with Crippen LogP contribution in [0.3, 0.4) is 0 Å². The quantitative estimate of drug-likeness (QED) is 0.327. The van der Waals surface area contributed by atoms with E-state index >= 15 is 0 Å². The van der Waals surface area contributed by atoms with Crippen LogP contribution >= 0.6 is 15.9 Å². The van der Waals surface area contributed by atoms with Crippen LogP contribution in [0.5, 0.6) is 0 Å². The van der Waals surface area contributed by atoms with Gasteiger partial charge in [-0.3, -0.25) is 19.2 Å². The zero-order valence-electron chi connectivity index (χ0n) is 27.2. The van der Waals surface area contributed by atoms with Gasteiger partial charge in [0, 0.05) is 24.0 Å². The van der Waals surface area contributed by atoms with E-state index in [1.165, 1.54) is 4.90 Å². The number of esters is 1. The molecule has 10 nitrogen and oxygen atoms in total. The summed E-state index contributed by atoms with van der Waals surface area (Å²) in [4.78, 5) is 59.9. The number of nitrogens with one attached hydrogen (secondary N) is 1. The van der Waals surface area contributed by atoms with Crippen LogP contribution in [0.4, 0.5) is 0 Å². The number of aliphatic hydroxyl groups excluding tert-OH is 1. The maximum absolute atomic E-state index is 15.0. The summed E-state index contributed by atoms with van der Waals surface area (Å²) in [6.45, 7) is 4.17. The third-order valence-corrected chi connectivity index (χ3v) is 10.4. The van der Waals surface area contributed by atoms with Crippen molar-refractivity contribution in [2.45, 2.75) is 69.5 Å². The fraction of sp³-hybridized carbons (Fsp3) is 0.459. The third kappa shape index (κ3) is 6.47. The predicted octanol–water partition coefficient (Wildman–Crippen LogP) is 4.05. The number of carbonyl (C=O) groups excluding carboxylic acids is 4. The standard InChI is InChI=1S/C37H42BrN3O7/c1-23(2)18-26(22-42)41-33-35(45)40(21-24-12-6-3-7-13-24)17-11-5-10-16-29(43)39-20-28(25-14-8-4-9-15-25)47-36(46)30-31(34(41)44)37(33)19-27(38)32(30)48-37/h3-9,11-15,19,23,26,28,30-33,42H,10,16-18,20-22H2,1-2H3,(H,39,43)/b11-5-/t26-,28-,30-,31+,32-,33-,37+/m1/s1. The van der Waals surface area contributed by atoms with Crippen LogP contribution < -0.4 is 5.32 Å². The summed E-state index contributed by atoms with van der Waals surface area (Å²) < 4.78 is 13.3. The zero-order valence-corrected chi connectivity index (χ0v) is 28.8. The molecule has 11 heteroatoms. The monoisotopic (exact) mass is 719 g/mol. The first-order valence-electron chi connectivity index (χ1n) is 16.6. The highest BCUT2D eigenvalue weighted by molar-refractivity contribution is 9.11. The average molecular weight is 721 g/mol. The van der Waals surface area contributed by atoms with E-state index in [0.29, 0.717) is 22.9 Å². The van der Waals surface area contributed by atoms with Crippen molar-refractivity contribution in [2.75, 3.05) is 19.7 Å². The second-order valence-electron chi connectivity index (χ2n) is 13.4. The van der Waals surface area contributed by atoms with E-state index < -0.39 is 53.6 Å². The maximum atomic E-state index is 15.0. The summed E-state index contributed by atoms with van der Waals surface area (Å²) >= 11 is 3.60. The number of aliphatic hydroxyl groups is 1. The molecular formula is C37H42BrN3O7. The summed E-state index contributed by atoms with van der Waals surface area (Å²) in [6, 6.07) is 16.9. The van der Waals surface area contributed by atoms with Gasteiger partial charge in [-0.2, -0.15) is 0 Å². The van der Waals surface area contributed by atoms with E-state index in [0.717, 1.165) is 5.56 Å². The predicted molar refractivity (Wildman–Crippen MR) is 181 cm³/mol. The van der Waals surface area contributed by atoms with Gasteiger partial charge in [-0.15, -0.1) is 0 Å². The molecule has 4 aliphatic rings. The lowest BCUT2D eigenvalue weighted by Crippen LogP contribution is -2.58. The van der Waals surface area contributed by atoms with Crippen LogP contribution in [0.15, 0.2) is 83.4 Å². The van der Waals surface area contributed by atoms with Crippen molar-refractivity contribution < 1.29 is 33.8 Å². The lowest BCUT2D eigenvalue weighted by atomic mass is 9.74. The number of rotatable bonds is 7. The summed E-state index contributed by atoms with van der Waals surface area (Å²) in [5.41, 5.74) is 0.130. The molecule has 4 aliphatic heterocycles. The molecule has 1 spiro atoms. The van der Waals surface area contributed by atoms with E-state index in [1.807, 2.05) is 86.7 Å². The number of hydrogen-bond donors (Lipinski definition) is 2. The van der Waals surface area contributed by atoms with Gasteiger partial charge in [-0.1, -0.05) is 103 Å². The first kappa shape index (κ1) is 34.1. The van der Waals surface area contributed by atoms with Gasteiger partial charge in [-0.25, -0.2) is 0 Å². The summed E-state index contributed by atoms with van der Waals surface area (Å²) in [5.74, 6) is -3.63. The van der Waals surface area contributed by atoms with Crippen LogP contribution in [0.25, 0.3) is 0 Å². The number of likely N-dealkylation sites (tertiary alicyclic amines) is 1. The molecule has 0 radical (unpaired) electrons. The zero-order chi connectivity index (χ0) is 34.0. The van der Waals surface area contributed by atoms with Crippen LogP contribution in [0, 0.1) is 17.8 Å². The lowest BCUT2D eigenvalue weighted by molar-refractivity contribution is -0.160. The number of allylic oxidation sites excluding steroid dienone is 1. The van der Waals surface area contributed by atoms with Crippen molar-refractivity contribution in [1.82, 2.24) is 15.1 Å². The number of ether oxygens (including phenoxy) is 2. The van der Waals surface area contributed by atoms with E-state index in [4.69, 9.17) is 9.47 Å². The second-order valence-corrected chi connectivity index (χ2v) is 14.3. The first-order valence-corrected chi connectivity index (χ1v) is 17.4. The topological polar surface area (TPSA) is 125 Å². The van der Waals surface area contributed by atoms with Crippen molar-refractivity contribution in [3.63, 3.8) is 0 Å². The van der Waals surface area contributed by atoms with Crippen LogP contribution in [0.2, 0.25) is 0 Å². The maximum Gasteiger partial charge on any atom is 0.313 e. The van der Waals surface area contributed by atoms with Gasteiger partial charge >= 0.3 is 5.97 Å². The fourth-order valence-electron chi connectivity index (χ4n) is 7.57. The Kier molecular flexibility index (Phi) is 10.2. The number of carbonyl (C=O) groups is 4. The van der Waals surface area contributed by atoms with Gasteiger partial charge in [0.1, 0.15) is 29.8 Å². The second kappa shape index (κ2) is 14.4. The molecule has 0 aromatic heterocycles. The van der Waals surface area contributed by atoms with Crippen LogP contribution in [-0.2, 0) is 35.2 Å². The molecule has 7 atom stereocenters.